The molecular weight excluding hydrogens is 393 g/mol. The van der Waals surface area contributed by atoms with Crippen LogP contribution in [0.5, 0.6) is 0 Å². The first-order chi connectivity index (χ1) is 14.4. The van der Waals surface area contributed by atoms with E-state index in [0.717, 1.165) is 17.3 Å². The normalized spacial score (nSPS) is 18.6. The highest BCUT2D eigenvalue weighted by Crippen LogP contribution is 2.31. The van der Waals surface area contributed by atoms with E-state index in [0.29, 0.717) is 44.7 Å². The second-order valence-electron chi connectivity index (χ2n) is 7.17. The number of carbonyl (C=O) groups is 1. The number of amides is 1. The fraction of sp³-hybridized carbons (Fsp3) is 0.348. The van der Waals surface area contributed by atoms with Gasteiger partial charge in [-0.3, -0.25) is 4.79 Å². The number of nitrogens with one attached hydrogen (secondary N) is 1. The van der Waals surface area contributed by atoms with Crippen molar-refractivity contribution in [2.75, 3.05) is 26.3 Å². The smallest absolute Gasteiger partial charge is 0.378 e. The van der Waals surface area contributed by atoms with Gasteiger partial charge in [-0.15, -0.1) is 0 Å². The molecule has 1 aromatic carbocycles. The first kappa shape index (κ1) is 21.9. The Balaban J connectivity index is 1.73. The second-order valence-corrected chi connectivity index (χ2v) is 7.17. The molecule has 7 heteroatoms. The summed E-state index contributed by atoms with van der Waals surface area (Å²) in [5.41, 5.74) is 2.50. The van der Waals surface area contributed by atoms with E-state index < -0.39 is 18.1 Å². The summed E-state index contributed by atoms with van der Waals surface area (Å²) >= 11 is 0. The second kappa shape index (κ2) is 9.80. The van der Waals surface area contributed by atoms with E-state index >= 15 is 0 Å². The number of hydrogen-bond donors (Lipinski definition) is 1. The number of nitrogens with zero attached hydrogens (tertiary/aromatic N) is 1. The van der Waals surface area contributed by atoms with E-state index in [9.17, 15) is 18.0 Å². The number of carbonyl (C=O) groups excluding carboxylic acids is 1. The fourth-order valence-electron chi connectivity index (χ4n) is 3.52. The summed E-state index contributed by atoms with van der Waals surface area (Å²) in [6.07, 6.45) is 3.97. The highest BCUT2D eigenvalue weighted by Gasteiger charge is 2.42. The number of benzene rings is 1. The molecule has 1 heterocycles. The van der Waals surface area contributed by atoms with E-state index in [2.05, 4.69) is 16.8 Å². The van der Waals surface area contributed by atoms with Crippen molar-refractivity contribution < 1.29 is 22.7 Å². The molecule has 1 fully saturated rings. The molecule has 0 saturated carbocycles. The standard InChI is InChI=1S/C23H25F3N2O2/c1-2-17-5-3-6-18(15-17)9-10-21(29)27-22(23(24,25)26)19-7-4-8-20(16-19)28-11-13-30-14-12-28/h2-3,5-7,9-10,15-16,22H,1,4,8,11-14H2,(H,27,29)/b10-9+. The van der Waals surface area contributed by atoms with Crippen LogP contribution in [0.4, 0.5) is 13.2 Å². The van der Waals surface area contributed by atoms with Crippen LogP contribution in [0, 0.1) is 0 Å². The van der Waals surface area contributed by atoms with Crippen LogP contribution in [0.15, 0.2) is 60.3 Å². The average molecular weight is 418 g/mol. The zero-order valence-corrected chi connectivity index (χ0v) is 16.6. The third kappa shape index (κ3) is 5.86. The number of halogens is 3. The van der Waals surface area contributed by atoms with Crippen LogP contribution in [0.3, 0.4) is 0 Å². The van der Waals surface area contributed by atoms with Gasteiger partial charge >= 0.3 is 6.18 Å². The summed E-state index contributed by atoms with van der Waals surface area (Å²) < 4.78 is 46.5. The molecule has 0 spiro atoms. The predicted molar refractivity (Wildman–Crippen MR) is 111 cm³/mol. The summed E-state index contributed by atoms with van der Waals surface area (Å²) in [6.45, 7) is 6.12. The molecule has 1 aliphatic carbocycles. The molecule has 0 aromatic heterocycles. The molecular formula is C23H25F3N2O2. The van der Waals surface area contributed by atoms with Crippen molar-refractivity contribution >= 4 is 18.1 Å². The molecule has 4 nitrogen and oxygen atoms in total. The molecule has 1 saturated heterocycles. The number of rotatable bonds is 6. The summed E-state index contributed by atoms with van der Waals surface area (Å²) in [4.78, 5) is 14.3. The zero-order valence-electron chi connectivity index (χ0n) is 16.6. The SMILES string of the molecule is C=Cc1cccc(/C=C/C(=O)NC(C2=CCCC(N3CCOCC3)=C2)C(F)(F)F)c1. The molecule has 160 valence electrons. The van der Waals surface area contributed by atoms with Crippen LogP contribution < -0.4 is 5.32 Å². The topological polar surface area (TPSA) is 41.6 Å². The van der Waals surface area contributed by atoms with Crippen molar-refractivity contribution in [2.45, 2.75) is 25.1 Å². The van der Waals surface area contributed by atoms with Crippen LogP contribution in [-0.4, -0.2) is 49.3 Å². The van der Waals surface area contributed by atoms with Gasteiger partial charge in [-0.1, -0.05) is 36.9 Å². The van der Waals surface area contributed by atoms with Crippen LogP contribution in [0.25, 0.3) is 12.2 Å². The molecule has 0 bridgehead atoms. The Labute approximate surface area is 174 Å². The lowest BCUT2D eigenvalue weighted by atomic mass is 9.96. The lowest BCUT2D eigenvalue weighted by molar-refractivity contribution is -0.152. The molecule has 2 aliphatic rings. The minimum Gasteiger partial charge on any atom is -0.378 e. The fourth-order valence-corrected chi connectivity index (χ4v) is 3.52. The lowest BCUT2D eigenvalue weighted by Crippen LogP contribution is -2.46. The number of ether oxygens (including phenoxy) is 1. The molecule has 1 unspecified atom stereocenters. The van der Waals surface area contributed by atoms with Gasteiger partial charge in [-0.2, -0.15) is 13.2 Å². The number of alkyl halides is 3. The van der Waals surface area contributed by atoms with Gasteiger partial charge in [0.2, 0.25) is 5.91 Å². The highest BCUT2D eigenvalue weighted by molar-refractivity contribution is 5.92. The Hall–Kier alpha value is -2.80. The first-order valence-corrected chi connectivity index (χ1v) is 9.88. The largest absolute Gasteiger partial charge is 0.412 e. The number of hydrogen-bond acceptors (Lipinski definition) is 3. The molecule has 3 rings (SSSR count). The van der Waals surface area contributed by atoms with Gasteiger partial charge in [0.1, 0.15) is 0 Å². The van der Waals surface area contributed by atoms with Gasteiger partial charge in [0.25, 0.3) is 0 Å². The molecule has 1 aliphatic heterocycles. The maximum atomic E-state index is 13.7. The minimum absolute atomic E-state index is 0.0747. The van der Waals surface area contributed by atoms with Gasteiger partial charge in [0, 0.05) is 24.9 Å². The van der Waals surface area contributed by atoms with E-state index in [4.69, 9.17) is 4.74 Å². The van der Waals surface area contributed by atoms with Crippen molar-refractivity contribution in [1.82, 2.24) is 10.2 Å². The number of allylic oxidation sites excluding steroid dienone is 2. The molecule has 0 radical (unpaired) electrons. The third-order valence-electron chi connectivity index (χ3n) is 5.05. The maximum absolute atomic E-state index is 13.7. The Morgan fingerprint density at radius 1 is 1.23 bits per heavy atom. The first-order valence-electron chi connectivity index (χ1n) is 9.88. The number of morpholine rings is 1. The van der Waals surface area contributed by atoms with E-state index in [1.54, 1.807) is 36.4 Å². The van der Waals surface area contributed by atoms with Crippen molar-refractivity contribution in [3.05, 3.63) is 71.5 Å². The molecule has 1 amide bonds. The van der Waals surface area contributed by atoms with Gasteiger partial charge in [-0.25, -0.2) is 0 Å². The van der Waals surface area contributed by atoms with E-state index in [-0.39, 0.29) is 5.57 Å². The van der Waals surface area contributed by atoms with Crippen LogP contribution in [-0.2, 0) is 9.53 Å². The summed E-state index contributed by atoms with van der Waals surface area (Å²) in [5.74, 6) is -0.797. The van der Waals surface area contributed by atoms with Crippen LogP contribution >= 0.6 is 0 Å². The highest BCUT2D eigenvalue weighted by atomic mass is 19.4. The van der Waals surface area contributed by atoms with Gasteiger partial charge in [-0.05, 0) is 47.8 Å². The van der Waals surface area contributed by atoms with Gasteiger partial charge in [0.05, 0.1) is 13.2 Å². The zero-order chi connectivity index (χ0) is 21.6. The molecule has 1 N–H and O–H groups in total. The maximum Gasteiger partial charge on any atom is 0.412 e. The third-order valence-corrected chi connectivity index (χ3v) is 5.05. The van der Waals surface area contributed by atoms with E-state index in [1.165, 1.54) is 6.08 Å². The molecule has 1 atom stereocenters. The summed E-state index contributed by atoms with van der Waals surface area (Å²) in [5, 5.41) is 2.12. The molecule has 30 heavy (non-hydrogen) atoms. The Morgan fingerprint density at radius 3 is 2.67 bits per heavy atom. The lowest BCUT2D eigenvalue weighted by Gasteiger charge is -2.33. The van der Waals surface area contributed by atoms with Crippen LogP contribution in [0.1, 0.15) is 24.0 Å². The van der Waals surface area contributed by atoms with Crippen molar-refractivity contribution in [3.8, 4) is 0 Å². The van der Waals surface area contributed by atoms with Crippen molar-refractivity contribution in [3.63, 3.8) is 0 Å². The minimum atomic E-state index is -4.60. The monoisotopic (exact) mass is 418 g/mol. The average Bonchev–Trinajstić information content (AvgIpc) is 2.76. The van der Waals surface area contributed by atoms with Gasteiger partial charge < -0.3 is 15.0 Å². The summed E-state index contributed by atoms with van der Waals surface area (Å²) in [6, 6.07) is 5.14. The van der Waals surface area contributed by atoms with E-state index in [1.807, 2.05) is 6.07 Å². The van der Waals surface area contributed by atoms with Crippen LogP contribution in [0.2, 0.25) is 0 Å². The van der Waals surface area contributed by atoms with Crippen molar-refractivity contribution in [2.24, 2.45) is 0 Å². The quantitative estimate of drug-likeness (QED) is 0.700. The molecule has 1 aromatic rings. The summed E-state index contributed by atoms with van der Waals surface area (Å²) in [7, 11) is 0. The Kier molecular flexibility index (Phi) is 7.15. The predicted octanol–water partition coefficient (Wildman–Crippen LogP) is 4.33. The van der Waals surface area contributed by atoms with Gasteiger partial charge in [0.15, 0.2) is 6.04 Å². The van der Waals surface area contributed by atoms with Crippen molar-refractivity contribution in [1.29, 1.82) is 0 Å². The Morgan fingerprint density at radius 2 is 1.97 bits per heavy atom. The Bertz CT molecular complexity index is 865.